The summed E-state index contributed by atoms with van der Waals surface area (Å²) in [6, 6.07) is 6.80. The molecule has 0 bridgehead atoms. The molecule has 22 heavy (non-hydrogen) atoms. The summed E-state index contributed by atoms with van der Waals surface area (Å²) in [6.45, 7) is 4.34. The first-order valence-corrected chi connectivity index (χ1v) is 9.07. The summed E-state index contributed by atoms with van der Waals surface area (Å²) in [4.78, 5) is 12.7. The minimum absolute atomic E-state index is 0.0767. The molecular formula is C20H29NO. The largest absolute Gasteiger partial charge is 0.304 e. The number of carbonyl (C=O) groups is 1. The molecule has 1 aromatic carbocycles. The number of aryl methyl sites for hydroxylation is 2. The van der Waals surface area contributed by atoms with Crippen LogP contribution in [0.4, 0.5) is 0 Å². The number of hydrogen-bond donors (Lipinski definition) is 1. The fraction of sp³-hybridized carbons (Fsp3) is 0.650. The number of rotatable bonds is 4. The van der Waals surface area contributed by atoms with E-state index in [-0.39, 0.29) is 11.8 Å². The molecule has 3 atom stereocenters. The van der Waals surface area contributed by atoms with Crippen LogP contribution < -0.4 is 5.32 Å². The average Bonchev–Trinajstić information content (AvgIpc) is 2.55. The van der Waals surface area contributed by atoms with E-state index in [0.717, 1.165) is 12.0 Å². The maximum Gasteiger partial charge on any atom is 0.179 e. The van der Waals surface area contributed by atoms with Crippen LogP contribution >= 0.6 is 0 Å². The van der Waals surface area contributed by atoms with Crippen molar-refractivity contribution in [1.29, 1.82) is 0 Å². The Morgan fingerprint density at radius 2 is 1.82 bits per heavy atom. The third-order valence-electron chi connectivity index (χ3n) is 5.60. The molecule has 1 saturated carbocycles. The topological polar surface area (TPSA) is 29.1 Å². The van der Waals surface area contributed by atoms with Gasteiger partial charge in [-0.1, -0.05) is 31.9 Å². The molecular weight excluding hydrogens is 270 g/mol. The van der Waals surface area contributed by atoms with E-state index in [1.165, 1.54) is 56.1 Å². The lowest BCUT2D eigenvalue weighted by atomic mass is 9.85. The summed E-state index contributed by atoms with van der Waals surface area (Å²) in [5, 5.41) is 3.60. The van der Waals surface area contributed by atoms with Gasteiger partial charge in [-0.05, 0) is 68.6 Å². The van der Waals surface area contributed by atoms with E-state index in [1.54, 1.807) is 0 Å². The second-order valence-corrected chi connectivity index (χ2v) is 7.31. The third-order valence-corrected chi connectivity index (χ3v) is 5.60. The van der Waals surface area contributed by atoms with Crippen molar-refractivity contribution in [2.45, 2.75) is 77.3 Å². The van der Waals surface area contributed by atoms with Crippen LogP contribution in [-0.2, 0) is 12.8 Å². The van der Waals surface area contributed by atoms with E-state index < -0.39 is 0 Å². The minimum atomic E-state index is -0.0767. The van der Waals surface area contributed by atoms with Crippen molar-refractivity contribution < 1.29 is 4.79 Å². The first-order chi connectivity index (χ1) is 10.6. The molecule has 2 nitrogen and oxygen atoms in total. The van der Waals surface area contributed by atoms with Gasteiger partial charge in [0, 0.05) is 11.6 Å². The molecule has 3 rings (SSSR count). The quantitative estimate of drug-likeness (QED) is 0.840. The molecule has 1 N–H and O–H groups in total. The molecule has 0 saturated heterocycles. The van der Waals surface area contributed by atoms with E-state index in [2.05, 4.69) is 24.4 Å². The highest BCUT2D eigenvalue weighted by atomic mass is 16.1. The van der Waals surface area contributed by atoms with Crippen molar-refractivity contribution in [1.82, 2.24) is 5.32 Å². The summed E-state index contributed by atoms with van der Waals surface area (Å²) < 4.78 is 0. The van der Waals surface area contributed by atoms with Gasteiger partial charge >= 0.3 is 0 Å². The van der Waals surface area contributed by atoms with Crippen LogP contribution in [0.1, 0.15) is 73.9 Å². The van der Waals surface area contributed by atoms with Crippen molar-refractivity contribution in [3.8, 4) is 0 Å². The van der Waals surface area contributed by atoms with Gasteiger partial charge in [0.05, 0.1) is 6.04 Å². The van der Waals surface area contributed by atoms with Crippen LogP contribution in [0.5, 0.6) is 0 Å². The molecule has 1 fully saturated rings. The fourth-order valence-electron chi connectivity index (χ4n) is 4.10. The van der Waals surface area contributed by atoms with E-state index in [1.807, 2.05) is 13.0 Å². The smallest absolute Gasteiger partial charge is 0.179 e. The maximum atomic E-state index is 12.7. The van der Waals surface area contributed by atoms with Crippen LogP contribution in [0, 0.1) is 5.92 Å². The summed E-state index contributed by atoms with van der Waals surface area (Å²) in [5.41, 5.74) is 3.74. The lowest BCUT2D eigenvalue weighted by Gasteiger charge is -2.32. The normalized spacial score (nSPS) is 26.3. The molecule has 0 aromatic heterocycles. The monoisotopic (exact) mass is 299 g/mol. The van der Waals surface area contributed by atoms with Gasteiger partial charge < -0.3 is 5.32 Å². The van der Waals surface area contributed by atoms with Gasteiger partial charge in [-0.25, -0.2) is 0 Å². The Morgan fingerprint density at radius 3 is 2.59 bits per heavy atom. The number of carbonyl (C=O) groups excluding carboxylic acids is 1. The number of fused-ring (bicyclic) bond motifs is 1. The molecule has 0 aliphatic heterocycles. The Balaban J connectivity index is 1.67. The van der Waals surface area contributed by atoms with Crippen LogP contribution in [0.15, 0.2) is 18.2 Å². The Morgan fingerprint density at radius 1 is 1.09 bits per heavy atom. The predicted molar refractivity (Wildman–Crippen MR) is 91.4 cm³/mol. The van der Waals surface area contributed by atoms with E-state index in [0.29, 0.717) is 12.0 Å². The molecule has 2 aliphatic carbocycles. The van der Waals surface area contributed by atoms with Crippen molar-refractivity contribution in [2.75, 3.05) is 0 Å². The zero-order chi connectivity index (χ0) is 15.5. The summed E-state index contributed by atoms with van der Waals surface area (Å²) in [7, 11) is 0. The van der Waals surface area contributed by atoms with Gasteiger partial charge in [0.1, 0.15) is 0 Å². The second kappa shape index (κ2) is 6.95. The fourth-order valence-corrected chi connectivity index (χ4v) is 4.10. The molecule has 0 heterocycles. The van der Waals surface area contributed by atoms with Gasteiger partial charge in [-0.15, -0.1) is 0 Å². The van der Waals surface area contributed by atoms with Gasteiger partial charge in [0.15, 0.2) is 5.78 Å². The highest BCUT2D eigenvalue weighted by molar-refractivity contribution is 6.00. The van der Waals surface area contributed by atoms with Crippen molar-refractivity contribution in [3.63, 3.8) is 0 Å². The maximum absolute atomic E-state index is 12.7. The first kappa shape index (κ1) is 15.7. The Labute approximate surface area is 134 Å². The highest BCUT2D eigenvalue weighted by Gasteiger charge is 2.25. The third kappa shape index (κ3) is 3.43. The zero-order valence-corrected chi connectivity index (χ0v) is 14.0. The average molecular weight is 299 g/mol. The van der Waals surface area contributed by atoms with Crippen molar-refractivity contribution in [2.24, 2.45) is 5.92 Å². The Bertz CT molecular complexity index is 537. The number of benzene rings is 1. The second-order valence-electron chi connectivity index (χ2n) is 7.31. The van der Waals surface area contributed by atoms with Crippen molar-refractivity contribution in [3.05, 3.63) is 34.9 Å². The zero-order valence-electron chi connectivity index (χ0n) is 14.0. The number of hydrogen-bond acceptors (Lipinski definition) is 2. The summed E-state index contributed by atoms with van der Waals surface area (Å²) in [5.74, 6) is 0.943. The summed E-state index contributed by atoms with van der Waals surface area (Å²) in [6.07, 6.45) is 10.00. The first-order valence-electron chi connectivity index (χ1n) is 9.07. The number of ketones is 1. The Kier molecular flexibility index (Phi) is 4.97. The van der Waals surface area contributed by atoms with E-state index >= 15 is 0 Å². The standard InChI is InChI=1S/C20H29NO/c1-14-7-3-6-10-19(14)21-15(2)20(22)18-12-11-16-8-4-5-9-17(16)13-18/h11-15,19,21H,3-10H2,1-2H3. The van der Waals surface area contributed by atoms with E-state index in [9.17, 15) is 4.79 Å². The van der Waals surface area contributed by atoms with E-state index in [4.69, 9.17) is 0 Å². The molecule has 2 heteroatoms. The number of nitrogens with one attached hydrogen (secondary N) is 1. The molecule has 1 aromatic rings. The van der Waals surface area contributed by atoms with Gasteiger partial charge in [0.25, 0.3) is 0 Å². The van der Waals surface area contributed by atoms with Gasteiger partial charge in [0.2, 0.25) is 0 Å². The predicted octanol–water partition coefficient (Wildman–Crippen LogP) is 4.30. The molecule has 0 radical (unpaired) electrons. The van der Waals surface area contributed by atoms with Gasteiger partial charge in [-0.3, -0.25) is 4.79 Å². The Hall–Kier alpha value is -1.15. The minimum Gasteiger partial charge on any atom is -0.304 e. The molecule has 120 valence electrons. The highest BCUT2D eigenvalue weighted by Crippen LogP contribution is 2.25. The van der Waals surface area contributed by atoms with Crippen LogP contribution in [-0.4, -0.2) is 17.9 Å². The molecule has 3 unspecified atom stereocenters. The molecule has 2 aliphatic rings. The lowest BCUT2D eigenvalue weighted by molar-refractivity contribution is 0.0932. The lowest BCUT2D eigenvalue weighted by Crippen LogP contribution is -2.45. The number of Topliss-reactive ketones (excluding diaryl/α,β-unsaturated/α-hetero) is 1. The molecule has 0 spiro atoms. The van der Waals surface area contributed by atoms with Crippen LogP contribution in [0.25, 0.3) is 0 Å². The van der Waals surface area contributed by atoms with Crippen LogP contribution in [0.3, 0.4) is 0 Å². The SMILES string of the molecule is CC(NC1CCCCC1C)C(=O)c1ccc2c(c1)CCCC2. The summed E-state index contributed by atoms with van der Waals surface area (Å²) >= 11 is 0. The van der Waals surface area contributed by atoms with Gasteiger partial charge in [-0.2, -0.15) is 0 Å². The van der Waals surface area contributed by atoms with Crippen LogP contribution in [0.2, 0.25) is 0 Å². The van der Waals surface area contributed by atoms with Crippen molar-refractivity contribution >= 4 is 5.78 Å². The molecule has 0 amide bonds.